The van der Waals surface area contributed by atoms with Gasteiger partial charge in [-0.1, -0.05) is 42.8 Å². The average Bonchev–Trinajstić information content (AvgIpc) is 2.47. The molecule has 0 unspecified atom stereocenters. The summed E-state index contributed by atoms with van der Waals surface area (Å²) in [6.07, 6.45) is 0. The van der Waals surface area contributed by atoms with E-state index in [1.165, 1.54) is 17.7 Å². The third-order valence-corrected chi connectivity index (χ3v) is 3.16. The quantitative estimate of drug-likeness (QED) is 0.863. The highest BCUT2D eigenvalue weighted by atomic mass is 35.5. The summed E-state index contributed by atoms with van der Waals surface area (Å²) in [6, 6.07) is 12.5. The van der Waals surface area contributed by atoms with E-state index < -0.39 is 5.82 Å². The number of rotatable bonds is 6. The minimum absolute atomic E-state index is 0.0726. The highest BCUT2D eigenvalue weighted by Gasteiger charge is 2.02. The van der Waals surface area contributed by atoms with Gasteiger partial charge in [0.05, 0.1) is 5.02 Å². The summed E-state index contributed by atoms with van der Waals surface area (Å²) >= 11 is 5.71. The predicted molar refractivity (Wildman–Crippen MR) is 79.6 cm³/mol. The van der Waals surface area contributed by atoms with E-state index in [9.17, 15) is 4.39 Å². The minimum atomic E-state index is -0.438. The lowest BCUT2D eigenvalue weighted by atomic mass is 10.1. The molecule has 0 saturated heterocycles. The monoisotopic (exact) mass is 293 g/mol. The Kier molecular flexibility index (Phi) is 5.39. The van der Waals surface area contributed by atoms with Gasteiger partial charge in [0.1, 0.15) is 18.2 Å². The summed E-state index contributed by atoms with van der Waals surface area (Å²) < 4.78 is 18.7. The molecule has 0 radical (unpaired) electrons. The molecule has 4 heteroatoms. The number of ether oxygens (including phenoxy) is 1. The first-order valence-corrected chi connectivity index (χ1v) is 6.93. The fourth-order valence-electron chi connectivity index (χ4n) is 1.83. The van der Waals surface area contributed by atoms with Crippen molar-refractivity contribution in [2.45, 2.75) is 20.1 Å². The van der Waals surface area contributed by atoms with Crippen LogP contribution in [0.25, 0.3) is 0 Å². The van der Waals surface area contributed by atoms with Gasteiger partial charge in [-0.15, -0.1) is 0 Å². The normalized spacial score (nSPS) is 10.6. The molecule has 2 aromatic carbocycles. The topological polar surface area (TPSA) is 21.3 Å². The standard InChI is InChI=1S/C16H17ClFNO/c1-2-19-10-12-4-3-5-13(8-12)11-20-14-6-7-16(18)15(17)9-14/h3-9,19H,2,10-11H2,1H3. The summed E-state index contributed by atoms with van der Waals surface area (Å²) in [4.78, 5) is 0. The molecule has 2 aromatic rings. The van der Waals surface area contributed by atoms with Crippen molar-refractivity contribution in [1.29, 1.82) is 0 Å². The van der Waals surface area contributed by atoms with Gasteiger partial charge in [0.15, 0.2) is 0 Å². The SMILES string of the molecule is CCNCc1cccc(COc2ccc(F)c(Cl)c2)c1. The Balaban J connectivity index is 1.97. The lowest BCUT2D eigenvalue weighted by Gasteiger charge is -2.09. The molecule has 2 rings (SSSR count). The van der Waals surface area contributed by atoms with Crippen molar-refractivity contribution in [2.75, 3.05) is 6.54 Å². The number of benzene rings is 2. The first-order valence-electron chi connectivity index (χ1n) is 6.55. The molecule has 20 heavy (non-hydrogen) atoms. The Morgan fingerprint density at radius 1 is 1.15 bits per heavy atom. The molecule has 0 amide bonds. The van der Waals surface area contributed by atoms with Gasteiger partial charge in [-0.05, 0) is 29.8 Å². The van der Waals surface area contributed by atoms with Gasteiger partial charge < -0.3 is 10.1 Å². The highest BCUT2D eigenvalue weighted by Crippen LogP contribution is 2.22. The van der Waals surface area contributed by atoms with Crippen LogP contribution in [0.3, 0.4) is 0 Å². The molecule has 0 aliphatic rings. The molecule has 0 fully saturated rings. The molecule has 0 aliphatic heterocycles. The molecule has 0 spiro atoms. The fourth-order valence-corrected chi connectivity index (χ4v) is 2.00. The lowest BCUT2D eigenvalue weighted by molar-refractivity contribution is 0.305. The second kappa shape index (κ2) is 7.27. The van der Waals surface area contributed by atoms with Gasteiger partial charge in [-0.3, -0.25) is 0 Å². The number of halogens is 2. The van der Waals surface area contributed by atoms with Crippen molar-refractivity contribution >= 4 is 11.6 Å². The number of nitrogens with one attached hydrogen (secondary N) is 1. The van der Waals surface area contributed by atoms with Crippen molar-refractivity contribution in [1.82, 2.24) is 5.32 Å². The zero-order chi connectivity index (χ0) is 14.4. The second-order valence-electron chi connectivity index (χ2n) is 4.46. The molecular weight excluding hydrogens is 277 g/mol. The Labute approximate surface area is 123 Å². The summed E-state index contributed by atoms with van der Waals surface area (Å²) in [7, 11) is 0. The smallest absolute Gasteiger partial charge is 0.142 e. The number of hydrogen-bond donors (Lipinski definition) is 1. The van der Waals surface area contributed by atoms with Gasteiger partial charge in [0.25, 0.3) is 0 Å². The minimum Gasteiger partial charge on any atom is -0.489 e. The second-order valence-corrected chi connectivity index (χ2v) is 4.87. The summed E-state index contributed by atoms with van der Waals surface area (Å²) in [5.41, 5.74) is 2.28. The molecule has 0 saturated carbocycles. The van der Waals surface area contributed by atoms with Gasteiger partial charge in [0, 0.05) is 12.6 Å². The lowest BCUT2D eigenvalue weighted by Crippen LogP contribution is -2.11. The van der Waals surface area contributed by atoms with Crippen LogP contribution in [0.4, 0.5) is 4.39 Å². The molecule has 1 N–H and O–H groups in total. The molecule has 2 nitrogen and oxygen atoms in total. The van der Waals surface area contributed by atoms with E-state index in [2.05, 4.69) is 24.4 Å². The molecule has 0 bridgehead atoms. The van der Waals surface area contributed by atoms with Crippen molar-refractivity contribution in [2.24, 2.45) is 0 Å². The van der Waals surface area contributed by atoms with Gasteiger partial charge in [-0.25, -0.2) is 4.39 Å². The van der Waals surface area contributed by atoms with E-state index in [1.54, 1.807) is 6.07 Å². The summed E-state index contributed by atoms with van der Waals surface area (Å²) in [6.45, 7) is 4.29. The van der Waals surface area contributed by atoms with Crippen LogP contribution in [0.1, 0.15) is 18.1 Å². The van der Waals surface area contributed by atoms with E-state index >= 15 is 0 Å². The maximum Gasteiger partial charge on any atom is 0.142 e. The first kappa shape index (κ1) is 14.8. The van der Waals surface area contributed by atoms with Crippen LogP contribution in [-0.4, -0.2) is 6.54 Å². The Hall–Kier alpha value is -1.58. The van der Waals surface area contributed by atoms with Crippen molar-refractivity contribution < 1.29 is 9.13 Å². The molecule has 0 heterocycles. The Bertz CT molecular complexity index is 574. The number of hydrogen-bond acceptors (Lipinski definition) is 2. The van der Waals surface area contributed by atoms with Crippen LogP contribution in [0.15, 0.2) is 42.5 Å². The average molecular weight is 294 g/mol. The van der Waals surface area contributed by atoms with Crippen LogP contribution in [0.2, 0.25) is 5.02 Å². The van der Waals surface area contributed by atoms with Gasteiger partial charge in [0.2, 0.25) is 0 Å². The van der Waals surface area contributed by atoms with E-state index in [4.69, 9.17) is 16.3 Å². The Morgan fingerprint density at radius 3 is 2.70 bits per heavy atom. The third kappa shape index (κ3) is 4.22. The predicted octanol–water partition coefficient (Wildman–Crippen LogP) is 4.17. The summed E-state index contributed by atoms with van der Waals surface area (Å²) in [5, 5.41) is 3.35. The maximum absolute atomic E-state index is 13.0. The largest absolute Gasteiger partial charge is 0.489 e. The molecular formula is C16H17ClFNO. The van der Waals surface area contributed by atoms with Gasteiger partial charge in [-0.2, -0.15) is 0 Å². The molecule has 0 atom stereocenters. The van der Waals surface area contributed by atoms with E-state index in [0.29, 0.717) is 12.4 Å². The van der Waals surface area contributed by atoms with E-state index in [1.807, 2.05) is 12.1 Å². The molecule has 106 valence electrons. The van der Waals surface area contributed by atoms with Crippen LogP contribution < -0.4 is 10.1 Å². The molecule has 0 aliphatic carbocycles. The van der Waals surface area contributed by atoms with Crippen LogP contribution >= 0.6 is 11.6 Å². The zero-order valence-corrected chi connectivity index (χ0v) is 12.1. The van der Waals surface area contributed by atoms with Crippen LogP contribution in [0.5, 0.6) is 5.75 Å². The summed E-state index contributed by atoms with van der Waals surface area (Å²) in [5.74, 6) is 0.125. The zero-order valence-electron chi connectivity index (χ0n) is 11.3. The fraction of sp³-hybridized carbons (Fsp3) is 0.250. The molecule has 0 aromatic heterocycles. The van der Waals surface area contributed by atoms with Crippen LogP contribution in [0, 0.1) is 5.82 Å². The van der Waals surface area contributed by atoms with Gasteiger partial charge >= 0.3 is 0 Å². The first-order chi connectivity index (χ1) is 9.69. The third-order valence-electron chi connectivity index (χ3n) is 2.87. The van der Waals surface area contributed by atoms with Crippen LogP contribution in [-0.2, 0) is 13.2 Å². The van der Waals surface area contributed by atoms with Crippen molar-refractivity contribution in [3.63, 3.8) is 0 Å². The highest BCUT2D eigenvalue weighted by molar-refractivity contribution is 6.30. The maximum atomic E-state index is 13.0. The van der Waals surface area contributed by atoms with E-state index in [-0.39, 0.29) is 5.02 Å². The van der Waals surface area contributed by atoms with Crippen molar-refractivity contribution in [3.05, 3.63) is 64.4 Å². The Morgan fingerprint density at radius 2 is 1.95 bits per heavy atom. The van der Waals surface area contributed by atoms with Crippen molar-refractivity contribution in [3.8, 4) is 5.75 Å². The van der Waals surface area contributed by atoms with E-state index in [0.717, 1.165) is 18.7 Å².